The molecule has 0 radical (unpaired) electrons. The summed E-state index contributed by atoms with van der Waals surface area (Å²) in [5, 5.41) is 0. The molecule has 112 valence electrons. The van der Waals surface area contributed by atoms with Gasteiger partial charge in [0.25, 0.3) is 0 Å². The minimum absolute atomic E-state index is 0.888. The number of hydrogen-bond donors (Lipinski definition) is 0. The van der Waals surface area contributed by atoms with E-state index in [1.54, 1.807) is 0 Å². The van der Waals surface area contributed by atoms with Crippen LogP contribution in [0.3, 0.4) is 0 Å². The summed E-state index contributed by atoms with van der Waals surface area (Å²) < 4.78 is 12.3. The minimum atomic E-state index is -2.27. The first-order chi connectivity index (χ1) is 9.77. The van der Waals surface area contributed by atoms with Crippen LogP contribution in [0.25, 0.3) is 0 Å². The Bertz CT molecular complexity index is 592. The molecule has 0 aromatic heterocycles. The zero-order chi connectivity index (χ0) is 15.6. The van der Waals surface area contributed by atoms with E-state index < -0.39 is 8.56 Å². The van der Waals surface area contributed by atoms with Crippen LogP contribution in [0.4, 0.5) is 0 Å². The number of benzene rings is 2. The van der Waals surface area contributed by atoms with Gasteiger partial charge in [0, 0.05) is 13.1 Å². The molecule has 2 aromatic rings. The first kappa shape index (κ1) is 15.6. The molecule has 0 aliphatic carbocycles. The Hall–Kier alpha value is -1.74. The van der Waals surface area contributed by atoms with E-state index in [-0.39, 0.29) is 0 Å². The highest BCUT2D eigenvalue weighted by Crippen LogP contribution is 2.24. The summed E-state index contributed by atoms with van der Waals surface area (Å²) in [6.45, 7) is 12.5. The monoisotopic (exact) mass is 300 g/mol. The molecule has 0 aliphatic heterocycles. The van der Waals surface area contributed by atoms with Crippen molar-refractivity contribution in [3.63, 3.8) is 0 Å². The van der Waals surface area contributed by atoms with Crippen LogP contribution in [-0.4, -0.2) is 8.56 Å². The fraction of sp³-hybridized carbons (Fsp3) is 0.333. The normalized spacial score (nSPS) is 11.3. The third-order valence-corrected chi connectivity index (χ3v) is 5.14. The van der Waals surface area contributed by atoms with E-state index in [1.165, 1.54) is 22.3 Å². The Morgan fingerprint density at radius 3 is 1.33 bits per heavy atom. The second kappa shape index (κ2) is 5.94. The van der Waals surface area contributed by atoms with Gasteiger partial charge >= 0.3 is 8.56 Å². The van der Waals surface area contributed by atoms with Gasteiger partial charge < -0.3 is 8.85 Å². The van der Waals surface area contributed by atoms with Gasteiger partial charge in [-0.05, 0) is 74.2 Å². The summed E-state index contributed by atoms with van der Waals surface area (Å²) in [7, 11) is -2.27. The van der Waals surface area contributed by atoms with Crippen molar-refractivity contribution < 1.29 is 8.85 Å². The van der Waals surface area contributed by atoms with Crippen molar-refractivity contribution in [3.05, 3.63) is 58.7 Å². The van der Waals surface area contributed by atoms with E-state index in [0.29, 0.717) is 0 Å². The largest absolute Gasteiger partial charge is 0.512 e. The van der Waals surface area contributed by atoms with Crippen molar-refractivity contribution >= 4 is 8.56 Å². The molecule has 0 heterocycles. The van der Waals surface area contributed by atoms with Crippen LogP contribution in [0.5, 0.6) is 11.5 Å². The quantitative estimate of drug-likeness (QED) is 0.733. The van der Waals surface area contributed by atoms with Crippen LogP contribution in [0.2, 0.25) is 13.1 Å². The van der Waals surface area contributed by atoms with E-state index in [2.05, 4.69) is 65.1 Å². The second-order valence-electron chi connectivity index (χ2n) is 6.10. The molecule has 0 saturated carbocycles. The molecule has 0 bridgehead atoms. The first-order valence-electron chi connectivity index (χ1n) is 7.29. The molecule has 0 saturated heterocycles. The lowest BCUT2D eigenvalue weighted by molar-refractivity contribution is 0.399. The molecule has 0 aliphatic rings. The van der Waals surface area contributed by atoms with Gasteiger partial charge in [-0.15, -0.1) is 0 Å². The molecular weight excluding hydrogens is 276 g/mol. The minimum Gasteiger partial charge on any atom is -0.512 e. The Kier molecular flexibility index (Phi) is 4.42. The molecule has 0 unspecified atom stereocenters. The van der Waals surface area contributed by atoms with Gasteiger partial charge in [-0.2, -0.15) is 0 Å². The van der Waals surface area contributed by atoms with Gasteiger partial charge in [0.15, 0.2) is 0 Å². The number of hydrogen-bond acceptors (Lipinski definition) is 2. The van der Waals surface area contributed by atoms with Crippen LogP contribution in [0, 0.1) is 27.7 Å². The second-order valence-corrected chi connectivity index (χ2v) is 9.30. The summed E-state index contributed by atoms with van der Waals surface area (Å²) in [6.07, 6.45) is 0. The van der Waals surface area contributed by atoms with E-state index in [0.717, 1.165) is 11.5 Å². The van der Waals surface area contributed by atoms with Gasteiger partial charge in [0.05, 0.1) is 0 Å². The molecule has 2 aromatic carbocycles. The van der Waals surface area contributed by atoms with Gasteiger partial charge in [0.1, 0.15) is 11.5 Å². The lowest BCUT2D eigenvalue weighted by Gasteiger charge is -2.25. The van der Waals surface area contributed by atoms with Crippen LogP contribution in [0.1, 0.15) is 22.3 Å². The highest BCUT2D eigenvalue weighted by Gasteiger charge is 2.29. The summed E-state index contributed by atoms with van der Waals surface area (Å²) >= 11 is 0. The maximum atomic E-state index is 6.13. The smallest absolute Gasteiger partial charge is 0.454 e. The summed E-state index contributed by atoms with van der Waals surface area (Å²) in [6, 6.07) is 12.4. The molecule has 0 atom stereocenters. The Balaban J connectivity index is 2.13. The molecule has 3 heteroatoms. The van der Waals surface area contributed by atoms with Crippen molar-refractivity contribution in [3.8, 4) is 11.5 Å². The van der Waals surface area contributed by atoms with E-state index in [9.17, 15) is 0 Å². The van der Waals surface area contributed by atoms with Crippen molar-refractivity contribution in [1.29, 1.82) is 0 Å². The van der Waals surface area contributed by atoms with Crippen molar-refractivity contribution in [2.75, 3.05) is 0 Å². The predicted octanol–water partition coefficient (Wildman–Crippen LogP) is 5.08. The molecule has 2 nitrogen and oxygen atoms in total. The average molecular weight is 300 g/mol. The maximum Gasteiger partial charge on any atom is 0.454 e. The molecule has 0 spiro atoms. The van der Waals surface area contributed by atoms with E-state index >= 15 is 0 Å². The zero-order valence-corrected chi connectivity index (χ0v) is 14.8. The van der Waals surface area contributed by atoms with Crippen LogP contribution >= 0.6 is 0 Å². The fourth-order valence-electron chi connectivity index (χ4n) is 2.14. The van der Waals surface area contributed by atoms with E-state index in [1.807, 2.05) is 12.1 Å². The molecule has 0 fully saturated rings. The highest BCUT2D eigenvalue weighted by atomic mass is 28.4. The number of rotatable bonds is 4. The Morgan fingerprint density at radius 2 is 1.00 bits per heavy atom. The van der Waals surface area contributed by atoms with Crippen LogP contribution < -0.4 is 8.85 Å². The van der Waals surface area contributed by atoms with Crippen LogP contribution in [0.15, 0.2) is 36.4 Å². The topological polar surface area (TPSA) is 18.5 Å². The van der Waals surface area contributed by atoms with Crippen LogP contribution in [-0.2, 0) is 0 Å². The third kappa shape index (κ3) is 4.11. The number of aryl methyl sites for hydroxylation is 4. The maximum absolute atomic E-state index is 6.13. The van der Waals surface area contributed by atoms with Gasteiger partial charge in [-0.25, -0.2) is 0 Å². The van der Waals surface area contributed by atoms with Crippen molar-refractivity contribution in [2.45, 2.75) is 40.8 Å². The molecule has 2 rings (SSSR count). The Labute approximate surface area is 129 Å². The predicted molar refractivity (Wildman–Crippen MR) is 90.6 cm³/mol. The fourth-order valence-corrected chi connectivity index (χ4v) is 3.57. The first-order valence-corrected chi connectivity index (χ1v) is 10.1. The van der Waals surface area contributed by atoms with Gasteiger partial charge in [-0.1, -0.05) is 12.1 Å². The summed E-state index contributed by atoms with van der Waals surface area (Å²) in [5.74, 6) is 1.78. The average Bonchev–Trinajstić information content (AvgIpc) is 2.37. The standard InChI is InChI=1S/C18H24O2Si/c1-13-7-9-17(11-15(13)3)19-21(5,6)20-18-10-8-14(2)16(4)12-18/h7-12H,1-6H3. The van der Waals surface area contributed by atoms with Gasteiger partial charge in [-0.3, -0.25) is 0 Å². The SMILES string of the molecule is Cc1ccc(O[Si](C)(C)Oc2ccc(C)c(C)c2)cc1C. The summed E-state index contributed by atoms with van der Waals surface area (Å²) in [5.41, 5.74) is 5.03. The molecule has 0 amide bonds. The lowest BCUT2D eigenvalue weighted by atomic mass is 10.1. The van der Waals surface area contributed by atoms with Crippen molar-refractivity contribution in [2.24, 2.45) is 0 Å². The van der Waals surface area contributed by atoms with Crippen molar-refractivity contribution in [1.82, 2.24) is 0 Å². The molecule has 21 heavy (non-hydrogen) atoms. The third-order valence-electron chi connectivity index (χ3n) is 3.68. The lowest BCUT2D eigenvalue weighted by Crippen LogP contribution is -2.41. The highest BCUT2D eigenvalue weighted by molar-refractivity contribution is 6.66. The molecule has 0 N–H and O–H groups in total. The zero-order valence-electron chi connectivity index (χ0n) is 13.8. The Morgan fingerprint density at radius 1 is 0.619 bits per heavy atom. The molecular formula is C18H24O2Si. The van der Waals surface area contributed by atoms with E-state index in [4.69, 9.17) is 8.85 Å². The van der Waals surface area contributed by atoms with Gasteiger partial charge in [0.2, 0.25) is 0 Å². The summed E-state index contributed by atoms with van der Waals surface area (Å²) in [4.78, 5) is 0.